The van der Waals surface area contributed by atoms with Crippen LogP contribution in [0.4, 0.5) is 0 Å². The van der Waals surface area contributed by atoms with Crippen molar-refractivity contribution < 1.29 is 4.79 Å². The van der Waals surface area contributed by atoms with Crippen molar-refractivity contribution in [2.45, 2.75) is 32.7 Å². The maximum absolute atomic E-state index is 12.6. The molecule has 1 aliphatic rings. The summed E-state index contributed by atoms with van der Waals surface area (Å²) in [7, 11) is 1.98. The topological polar surface area (TPSA) is 37.3 Å². The molecule has 1 aromatic heterocycles. The summed E-state index contributed by atoms with van der Waals surface area (Å²) in [6.45, 7) is 6.98. The fraction of sp³-hybridized carbons (Fsp3) is 0.667. The van der Waals surface area contributed by atoms with E-state index in [-0.39, 0.29) is 5.91 Å². The summed E-state index contributed by atoms with van der Waals surface area (Å²) < 4.78 is 2.06. The molecular weight excluding hydrogens is 238 g/mol. The zero-order chi connectivity index (χ0) is 13.8. The van der Waals surface area contributed by atoms with E-state index in [9.17, 15) is 4.79 Å². The Morgan fingerprint density at radius 2 is 2.32 bits per heavy atom. The zero-order valence-electron chi connectivity index (χ0n) is 12.2. The monoisotopic (exact) mass is 263 g/mol. The van der Waals surface area contributed by atoms with Gasteiger partial charge in [-0.15, -0.1) is 0 Å². The van der Waals surface area contributed by atoms with Crippen molar-refractivity contribution in [1.29, 1.82) is 0 Å². The molecule has 106 valence electrons. The third kappa shape index (κ3) is 3.18. The molecule has 1 fully saturated rings. The molecule has 1 aromatic rings. The molecule has 1 saturated heterocycles. The van der Waals surface area contributed by atoms with Gasteiger partial charge in [0.2, 0.25) is 0 Å². The van der Waals surface area contributed by atoms with Crippen LogP contribution in [0.15, 0.2) is 18.3 Å². The Labute approximate surface area is 115 Å². The first-order chi connectivity index (χ1) is 9.13. The fourth-order valence-corrected chi connectivity index (χ4v) is 2.89. The Kier molecular flexibility index (Phi) is 4.64. The van der Waals surface area contributed by atoms with Crippen molar-refractivity contribution in [2.75, 3.05) is 26.7 Å². The second kappa shape index (κ2) is 6.24. The van der Waals surface area contributed by atoms with Crippen molar-refractivity contribution >= 4 is 5.91 Å². The number of rotatable bonds is 4. The van der Waals surface area contributed by atoms with Crippen LogP contribution < -0.4 is 5.32 Å². The maximum atomic E-state index is 12.6. The summed E-state index contributed by atoms with van der Waals surface area (Å²) in [5.41, 5.74) is 0.820. The van der Waals surface area contributed by atoms with Crippen LogP contribution in [0.5, 0.6) is 0 Å². The van der Waals surface area contributed by atoms with Crippen molar-refractivity contribution in [3.63, 3.8) is 0 Å². The third-order valence-electron chi connectivity index (χ3n) is 3.85. The second-order valence-corrected chi connectivity index (χ2v) is 5.71. The van der Waals surface area contributed by atoms with Gasteiger partial charge >= 0.3 is 0 Å². The van der Waals surface area contributed by atoms with Gasteiger partial charge < -0.3 is 14.8 Å². The predicted molar refractivity (Wildman–Crippen MR) is 77.4 cm³/mol. The lowest BCUT2D eigenvalue weighted by atomic mass is 9.98. The van der Waals surface area contributed by atoms with Crippen molar-refractivity contribution in [2.24, 2.45) is 5.92 Å². The minimum atomic E-state index is 0.180. The van der Waals surface area contributed by atoms with Gasteiger partial charge in [0.1, 0.15) is 5.69 Å². The third-order valence-corrected chi connectivity index (χ3v) is 3.85. The number of likely N-dealkylation sites (tertiary alicyclic amines) is 1. The van der Waals surface area contributed by atoms with Gasteiger partial charge in [-0.05, 0) is 58.3 Å². The molecule has 2 rings (SSSR count). The molecule has 1 amide bonds. The highest BCUT2D eigenvalue weighted by atomic mass is 16.2. The van der Waals surface area contributed by atoms with Crippen LogP contribution in [-0.2, 0) is 0 Å². The van der Waals surface area contributed by atoms with Crippen molar-refractivity contribution in [3.05, 3.63) is 24.0 Å². The van der Waals surface area contributed by atoms with Gasteiger partial charge in [0.15, 0.2) is 0 Å². The lowest BCUT2D eigenvalue weighted by Gasteiger charge is -2.33. The normalized spacial score (nSPS) is 20.0. The molecule has 0 aromatic carbocycles. The van der Waals surface area contributed by atoms with Crippen LogP contribution in [0, 0.1) is 5.92 Å². The first-order valence-electron chi connectivity index (χ1n) is 7.24. The molecule has 1 aliphatic heterocycles. The largest absolute Gasteiger partial charge is 0.341 e. The highest BCUT2D eigenvalue weighted by Gasteiger charge is 2.25. The van der Waals surface area contributed by atoms with Crippen LogP contribution in [-0.4, -0.2) is 42.1 Å². The quantitative estimate of drug-likeness (QED) is 0.903. The highest BCUT2D eigenvalue weighted by Crippen LogP contribution is 2.19. The Bertz CT molecular complexity index is 423. The van der Waals surface area contributed by atoms with E-state index in [1.807, 2.05) is 30.3 Å². The number of carbonyl (C=O) groups excluding carboxylic acids is 1. The molecule has 1 N–H and O–H groups in total. The Morgan fingerprint density at radius 1 is 1.53 bits per heavy atom. The van der Waals surface area contributed by atoms with Crippen LogP contribution in [0.3, 0.4) is 0 Å². The molecule has 0 spiro atoms. The summed E-state index contributed by atoms with van der Waals surface area (Å²) in [5.74, 6) is 0.768. The minimum absolute atomic E-state index is 0.180. The van der Waals surface area contributed by atoms with Gasteiger partial charge in [-0.25, -0.2) is 0 Å². The fourth-order valence-electron chi connectivity index (χ4n) is 2.89. The standard InChI is InChI=1S/C15H25N3O/c1-12(2)18-9-5-7-14(18)15(19)17-8-4-6-13(11-17)10-16-3/h5,7,9,12-13,16H,4,6,8,10-11H2,1-3H3. The molecule has 2 heterocycles. The lowest BCUT2D eigenvalue weighted by molar-refractivity contribution is 0.0661. The van der Waals surface area contributed by atoms with E-state index in [4.69, 9.17) is 0 Å². The number of hydrogen-bond acceptors (Lipinski definition) is 2. The molecule has 1 unspecified atom stereocenters. The molecule has 19 heavy (non-hydrogen) atoms. The summed E-state index contributed by atoms with van der Waals surface area (Å²) in [4.78, 5) is 14.6. The Morgan fingerprint density at radius 3 is 3.00 bits per heavy atom. The first kappa shape index (κ1) is 14.1. The zero-order valence-corrected chi connectivity index (χ0v) is 12.2. The van der Waals surface area contributed by atoms with Crippen molar-refractivity contribution in [1.82, 2.24) is 14.8 Å². The van der Waals surface area contributed by atoms with Gasteiger partial charge in [0.25, 0.3) is 5.91 Å². The SMILES string of the molecule is CNCC1CCCN(C(=O)c2cccn2C(C)C)C1. The molecule has 4 heteroatoms. The molecule has 0 saturated carbocycles. The molecular formula is C15H25N3O. The molecule has 1 atom stereocenters. The van der Waals surface area contributed by atoms with E-state index in [0.717, 1.165) is 31.7 Å². The minimum Gasteiger partial charge on any atom is -0.341 e. The smallest absolute Gasteiger partial charge is 0.270 e. The van der Waals surface area contributed by atoms with E-state index in [2.05, 4.69) is 23.7 Å². The van der Waals surface area contributed by atoms with Gasteiger partial charge in [-0.1, -0.05) is 0 Å². The van der Waals surface area contributed by atoms with Gasteiger partial charge in [-0.3, -0.25) is 4.79 Å². The van der Waals surface area contributed by atoms with E-state index >= 15 is 0 Å². The second-order valence-electron chi connectivity index (χ2n) is 5.71. The number of carbonyl (C=O) groups is 1. The maximum Gasteiger partial charge on any atom is 0.270 e. The number of piperidine rings is 1. The summed E-state index contributed by atoms with van der Waals surface area (Å²) in [6.07, 6.45) is 4.32. The van der Waals surface area contributed by atoms with Gasteiger partial charge in [0, 0.05) is 25.3 Å². The number of hydrogen-bond donors (Lipinski definition) is 1. The Balaban J connectivity index is 2.08. The molecule has 0 radical (unpaired) electrons. The van der Waals surface area contributed by atoms with E-state index < -0.39 is 0 Å². The van der Waals surface area contributed by atoms with E-state index in [1.165, 1.54) is 6.42 Å². The van der Waals surface area contributed by atoms with E-state index in [1.54, 1.807) is 0 Å². The molecule has 4 nitrogen and oxygen atoms in total. The number of nitrogens with zero attached hydrogens (tertiary/aromatic N) is 2. The van der Waals surface area contributed by atoms with Crippen LogP contribution in [0.2, 0.25) is 0 Å². The highest BCUT2D eigenvalue weighted by molar-refractivity contribution is 5.92. The number of aromatic nitrogens is 1. The Hall–Kier alpha value is -1.29. The summed E-state index contributed by atoms with van der Waals surface area (Å²) >= 11 is 0. The van der Waals surface area contributed by atoms with Crippen LogP contribution >= 0.6 is 0 Å². The molecule has 0 aliphatic carbocycles. The summed E-state index contributed by atoms with van der Waals surface area (Å²) in [5, 5.41) is 3.22. The lowest BCUT2D eigenvalue weighted by Crippen LogP contribution is -2.43. The molecule has 0 bridgehead atoms. The number of nitrogens with one attached hydrogen (secondary N) is 1. The van der Waals surface area contributed by atoms with Crippen molar-refractivity contribution in [3.8, 4) is 0 Å². The summed E-state index contributed by atoms with van der Waals surface area (Å²) in [6, 6.07) is 4.22. The van der Waals surface area contributed by atoms with Gasteiger partial charge in [0.05, 0.1) is 0 Å². The van der Waals surface area contributed by atoms with E-state index in [0.29, 0.717) is 12.0 Å². The van der Waals surface area contributed by atoms with Crippen LogP contribution in [0.1, 0.15) is 43.2 Å². The number of amides is 1. The van der Waals surface area contributed by atoms with Gasteiger partial charge in [-0.2, -0.15) is 0 Å². The average Bonchev–Trinajstić information content (AvgIpc) is 2.88. The predicted octanol–water partition coefficient (Wildman–Crippen LogP) is 2.14. The van der Waals surface area contributed by atoms with Crippen LogP contribution in [0.25, 0.3) is 0 Å². The average molecular weight is 263 g/mol. The first-order valence-corrected chi connectivity index (χ1v) is 7.24.